The maximum absolute atomic E-state index is 13.5. The fourth-order valence-electron chi connectivity index (χ4n) is 2.40. The number of hydrogen-bond acceptors (Lipinski definition) is 4. The number of carbonyl (C=O) groups excluding carboxylic acids is 1. The summed E-state index contributed by atoms with van der Waals surface area (Å²) in [7, 11) is 0. The van der Waals surface area contributed by atoms with Gasteiger partial charge in [-0.05, 0) is 35.9 Å². The Bertz CT molecular complexity index is 1030. The first-order chi connectivity index (χ1) is 13.7. The summed E-state index contributed by atoms with van der Waals surface area (Å²) < 4.78 is 41.3. The summed E-state index contributed by atoms with van der Waals surface area (Å²) in [6.07, 6.45) is -3.99. The molecule has 2 aromatic carbocycles. The molecule has 150 valence electrons. The normalized spacial score (nSPS) is 11.2. The first-order valence-corrected chi connectivity index (χ1v) is 9.39. The molecule has 0 aliphatic heterocycles. The zero-order valence-electron chi connectivity index (χ0n) is 14.6. The molecule has 0 fully saturated rings. The second kappa shape index (κ2) is 8.79. The minimum atomic E-state index is -4.84. The van der Waals surface area contributed by atoms with Crippen LogP contribution in [0.5, 0.6) is 0 Å². The van der Waals surface area contributed by atoms with Gasteiger partial charge in [0.25, 0.3) is 5.91 Å². The van der Waals surface area contributed by atoms with Crippen molar-refractivity contribution in [1.82, 2.24) is 15.3 Å². The molecule has 29 heavy (non-hydrogen) atoms. The van der Waals surface area contributed by atoms with E-state index in [1.165, 1.54) is 6.07 Å². The molecule has 1 amide bonds. The first-order valence-electron chi connectivity index (χ1n) is 8.22. The Hall–Kier alpha value is -2.65. The summed E-state index contributed by atoms with van der Waals surface area (Å²) >= 11 is 9.14. The number of rotatable bonds is 5. The van der Waals surface area contributed by atoms with Gasteiger partial charge in [0.1, 0.15) is 0 Å². The molecule has 5 nitrogen and oxygen atoms in total. The minimum Gasteiger partial charge on any atom is -0.348 e. The predicted molar refractivity (Wildman–Crippen MR) is 107 cm³/mol. The summed E-state index contributed by atoms with van der Waals surface area (Å²) in [6, 6.07) is 13.4. The Morgan fingerprint density at radius 3 is 2.52 bits per heavy atom. The number of amides is 1. The van der Waals surface area contributed by atoms with Crippen LogP contribution < -0.4 is 10.6 Å². The lowest BCUT2D eigenvalue weighted by Gasteiger charge is -2.14. The van der Waals surface area contributed by atoms with Crippen LogP contribution in [0, 0.1) is 0 Å². The van der Waals surface area contributed by atoms with Crippen molar-refractivity contribution in [1.29, 1.82) is 0 Å². The number of benzene rings is 2. The van der Waals surface area contributed by atoms with Crippen LogP contribution >= 0.6 is 27.5 Å². The van der Waals surface area contributed by atoms with Crippen LogP contribution in [0.25, 0.3) is 0 Å². The van der Waals surface area contributed by atoms with E-state index in [-0.39, 0.29) is 12.5 Å². The van der Waals surface area contributed by atoms with Gasteiger partial charge in [-0.25, -0.2) is 9.97 Å². The van der Waals surface area contributed by atoms with E-state index in [0.717, 1.165) is 16.2 Å². The number of carbonyl (C=O) groups is 1. The lowest BCUT2D eigenvalue weighted by molar-refractivity contribution is -0.141. The number of halogens is 5. The van der Waals surface area contributed by atoms with Gasteiger partial charge in [-0.1, -0.05) is 45.7 Å². The van der Waals surface area contributed by atoms with Crippen molar-refractivity contribution in [2.75, 3.05) is 5.32 Å². The number of aromatic nitrogens is 2. The highest BCUT2D eigenvalue weighted by atomic mass is 79.9. The predicted octanol–water partition coefficient (Wildman–Crippen LogP) is 5.58. The van der Waals surface area contributed by atoms with E-state index < -0.39 is 23.3 Å². The van der Waals surface area contributed by atoms with Crippen molar-refractivity contribution < 1.29 is 18.0 Å². The van der Waals surface area contributed by atoms with Crippen LogP contribution in [-0.2, 0) is 12.7 Å². The number of nitrogens with zero attached hydrogens (tertiary/aromatic N) is 2. The molecular formula is C19H13BrClF3N4O. The highest BCUT2D eigenvalue weighted by molar-refractivity contribution is 9.10. The highest BCUT2D eigenvalue weighted by Gasteiger charge is 2.38. The number of anilines is 2. The Labute approximate surface area is 177 Å². The Morgan fingerprint density at radius 1 is 1.14 bits per heavy atom. The molecule has 1 aromatic heterocycles. The van der Waals surface area contributed by atoms with Crippen LogP contribution in [0.3, 0.4) is 0 Å². The SMILES string of the molecule is O=C(NCc1ccc(Br)cc1)c1cnc(Nc2cccc(Cl)c2)nc1C(F)(F)F. The lowest BCUT2D eigenvalue weighted by Crippen LogP contribution is -2.27. The third-order valence-electron chi connectivity index (χ3n) is 3.75. The van der Waals surface area contributed by atoms with Crippen molar-refractivity contribution in [2.24, 2.45) is 0 Å². The van der Waals surface area contributed by atoms with Crippen molar-refractivity contribution in [3.63, 3.8) is 0 Å². The van der Waals surface area contributed by atoms with Crippen molar-refractivity contribution in [3.05, 3.63) is 81.0 Å². The van der Waals surface area contributed by atoms with Gasteiger partial charge in [-0.3, -0.25) is 4.79 Å². The standard InChI is InChI=1S/C19H13BrClF3N4O/c20-12-6-4-11(5-7-12)9-25-17(29)15-10-26-18(28-16(15)19(22,23)24)27-14-3-1-2-13(21)8-14/h1-8,10H,9H2,(H,25,29)(H,26,27,28). The van der Waals surface area contributed by atoms with E-state index in [1.807, 2.05) is 0 Å². The van der Waals surface area contributed by atoms with Gasteiger partial charge in [0.15, 0.2) is 5.69 Å². The minimum absolute atomic E-state index is 0.0614. The summed E-state index contributed by atoms with van der Waals surface area (Å²) in [5.41, 5.74) is -0.843. The molecule has 1 heterocycles. The summed E-state index contributed by atoms with van der Waals surface area (Å²) in [6.45, 7) is 0.0614. The lowest BCUT2D eigenvalue weighted by atomic mass is 10.2. The molecular weight excluding hydrogens is 473 g/mol. The van der Waals surface area contributed by atoms with Gasteiger partial charge < -0.3 is 10.6 Å². The molecule has 2 N–H and O–H groups in total. The van der Waals surface area contributed by atoms with E-state index in [4.69, 9.17) is 11.6 Å². The molecule has 0 bridgehead atoms. The maximum Gasteiger partial charge on any atom is 0.434 e. The van der Waals surface area contributed by atoms with Crippen LogP contribution in [0.15, 0.2) is 59.2 Å². The van der Waals surface area contributed by atoms with E-state index in [1.54, 1.807) is 42.5 Å². The van der Waals surface area contributed by atoms with Crippen LogP contribution in [0.4, 0.5) is 24.8 Å². The summed E-state index contributed by atoms with van der Waals surface area (Å²) in [5, 5.41) is 5.49. The second-order valence-corrected chi connectivity index (χ2v) is 7.25. The third kappa shape index (κ3) is 5.68. The fourth-order valence-corrected chi connectivity index (χ4v) is 2.85. The molecule has 10 heteroatoms. The maximum atomic E-state index is 13.5. The Morgan fingerprint density at radius 2 is 1.86 bits per heavy atom. The fraction of sp³-hybridized carbons (Fsp3) is 0.105. The van der Waals surface area contributed by atoms with Crippen LogP contribution in [0.2, 0.25) is 5.02 Å². The van der Waals surface area contributed by atoms with Gasteiger partial charge in [-0.2, -0.15) is 13.2 Å². The third-order valence-corrected chi connectivity index (χ3v) is 4.51. The van der Waals surface area contributed by atoms with Gasteiger partial charge in [-0.15, -0.1) is 0 Å². The number of nitrogens with one attached hydrogen (secondary N) is 2. The van der Waals surface area contributed by atoms with Crippen molar-refractivity contribution in [2.45, 2.75) is 12.7 Å². The zero-order valence-corrected chi connectivity index (χ0v) is 16.9. The van der Waals surface area contributed by atoms with E-state index in [0.29, 0.717) is 10.7 Å². The van der Waals surface area contributed by atoms with Crippen molar-refractivity contribution in [3.8, 4) is 0 Å². The average Bonchev–Trinajstić information content (AvgIpc) is 2.66. The number of alkyl halides is 3. The molecule has 0 saturated carbocycles. The van der Waals surface area contributed by atoms with Crippen LogP contribution in [0.1, 0.15) is 21.6 Å². The van der Waals surface area contributed by atoms with Crippen molar-refractivity contribution >= 4 is 45.1 Å². The Kier molecular flexibility index (Phi) is 6.39. The molecule has 0 aliphatic rings. The molecule has 0 atom stereocenters. The average molecular weight is 486 g/mol. The summed E-state index contributed by atoms with van der Waals surface area (Å²) in [5.74, 6) is -1.22. The van der Waals surface area contributed by atoms with E-state index in [9.17, 15) is 18.0 Å². The Balaban J connectivity index is 1.81. The first kappa shape index (κ1) is 21.1. The molecule has 3 aromatic rings. The van der Waals surface area contributed by atoms with E-state index >= 15 is 0 Å². The topological polar surface area (TPSA) is 66.9 Å². The molecule has 0 unspecified atom stereocenters. The highest BCUT2D eigenvalue weighted by Crippen LogP contribution is 2.31. The zero-order chi connectivity index (χ0) is 21.0. The monoisotopic (exact) mass is 484 g/mol. The molecule has 3 rings (SSSR count). The molecule has 0 spiro atoms. The van der Waals surface area contributed by atoms with Gasteiger partial charge in [0.2, 0.25) is 5.95 Å². The number of hydrogen-bond donors (Lipinski definition) is 2. The van der Waals surface area contributed by atoms with Gasteiger partial charge in [0, 0.05) is 27.9 Å². The largest absolute Gasteiger partial charge is 0.434 e. The molecule has 0 aliphatic carbocycles. The van der Waals surface area contributed by atoms with Gasteiger partial charge in [0.05, 0.1) is 5.56 Å². The molecule has 0 saturated heterocycles. The smallest absolute Gasteiger partial charge is 0.348 e. The summed E-state index contributed by atoms with van der Waals surface area (Å²) in [4.78, 5) is 19.7. The molecule has 0 radical (unpaired) electrons. The van der Waals surface area contributed by atoms with Gasteiger partial charge >= 0.3 is 6.18 Å². The quantitative estimate of drug-likeness (QED) is 0.495. The van der Waals surface area contributed by atoms with Crippen LogP contribution in [-0.4, -0.2) is 15.9 Å². The second-order valence-electron chi connectivity index (χ2n) is 5.90. The van der Waals surface area contributed by atoms with E-state index in [2.05, 4.69) is 36.5 Å².